The number of carbonyl (C=O) groups is 5. The van der Waals surface area contributed by atoms with E-state index in [1.165, 1.54) is 4.90 Å². The molecule has 1 fully saturated rings. The van der Waals surface area contributed by atoms with Gasteiger partial charge in [0.05, 0.1) is 32.8 Å². The second-order valence-electron chi connectivity index (χ2n) is 9.27. The van der Waals surface area contributed by atoms with E-state index in [4.69, 9.17) is 0 Å². The first-order valence-electron chi connectivity index (χ1n) is 12.2. The molecule has 1 aliphatic rings. The lowest BCUT2D eigenvalue weighted by atomic mass is 9.88. The SMILES string of the molecule is O=COCCCCCCCCCC1(N(CC(=O)O)CC(=O)O)CN(CC(=O)O)CCN(CC(=O)O)C1. The molecule has 1 heterocycles. The van der Waals surface area contributed by atoms with E-state index in [9.17, 15) is 44.4 Å². The zero-order valence-electron chi connectivity index (χ0n) is 20.7. The summed E-state index contributed by atoms with van der Waals surface area (Å²) in [7, 11) is 0. The van der Waals surface area contributed by atoms with Crippen LogP contribution in [0.1, 0.15) is 51.4 Å². The minimum absolute atomic E-state index is 0.118. The summed E-state index contributed by atoms with van der Waals surface area (Å²) in [5.74, 6) is -4.57. The molecule has 0 unspecified atom stereocenters. The fraction of sp³-hybridized carbons (Fsp3) is 0.783. The molecule has 0 atom stereocenters. The maximum Gasteiger partial charge on any atom is 0.317 e. The van der Waals surface area contributed by atoms with Crippen LogP contribution in [0.5, 0.6) is 0 Å². The van der Waals surface area contributed by atoms with Gasteiger partial charge in [-0.25, -0.2) is 0 Å². The Morgan fingerprint density at radius 3 is 1.58 bits per heavy atom. The molecule has 4 N–H and O–H groups in total. The van der Waals surface area contributed by atoms with Crippen LogP contribution >= 0.6 is 0 Å². The fourth-order valence-corrected chi connectivity index (χ4v) is 4.78. The first kappa shape index (κ1) is 31.3. The van der Waals surface area contributed by atoms with Crippen molar-refractivity contribution in [2.75, 3.05) is 59.0 Å². The molecule has 0 amide bonds. The van der Waals surface area contributed by atoms with Crippen LogP contribution in [0.15, 0.2) is 0 Å². The summed E-state index contributed by atoms with van der Waals surface area (Å²) in [6.07, 6.45) is 6.39. The Hall–Kier alpha value is -2.77. The van der Waals surface area contributed by atoms with Gasteiger partial charge in [-0.2, -0.15) is 0 Å². The Morgan fingerprint density at radius 2 is 1.17 bits per heavy atom. The number of carboxylic acids is 4. The Balaban J connectivity index is 3.01. The lowest BCUT2D eigenvalue weighted by Crippen LogP contribution is -2.62. The summed E-state index contributed by atoms with van der Waals surface area (Å²) < 4.78 is 4.66. The van der Waals surface area contributed by atoms with E-state index in [2.05, 4.69) is 4.74 Å². The molecule has 1 saturated heterocycles. The van der Waals surface area contributed by atoms with E-state index in [0.717, 1.165) is 38.5 Å². The van der Waals surface area contributed by atoms with Crippen LogP contribution in [0.2, 0.25) is 0 Å². The van der Waals surface area contributed by atoms with Crippen molar-refractivity contribution in [3.05, 3.63) is 0 Å². The highest BCUT2D eigenvalue weighted by Crippen LogP contribution is 2.29. The number of aliphatic carboxylic acids is 4. The molecule has 1 aliphatic heterocycles. The summed E-state index contributed by atoms with van der Waals surface area (Å²) in [6.45, 7) is -0.153. The highest BCUT2D eigenvalue weighted by Gasteiger charge is 2.43. The van der Waals surface area contributed by atoms with Crippen LogP contribution < -0.4 is 0 Å². The summed E-state index contributed by atoms with van der Waals surface area (Å²) in [5, 5.41) is 37.7. The van der Waals surface area contributed by atoms with Gasteiger partial charge in [0, 0.05) is 31.7 Å². The second-order valence-corrected chi connectivity index (χ2v) is 9.27. The van der Waals surface area contributed by atoms with Crippen LogP contribution in [-0.4, -0.2) is 130 Å². The molecule has 0 bridgehead atoms. The molecule has 13 heteroatoms. The molecule has 0 radical (unpaired) electrons. The molecule has 0 saturated carbocycles. The number of unbranched alkanes of at least 4 members (excludes halogenated alkanes) is 6. The van der Waals surface area contributed by atoms with Crippen molar-refractivity contribution in [1.29, 1.82) is 0 Å². The van der Waals surface area contributed by atoms with Gasteiger partial charge in [-0.1, -0.05) is 38.5 Å². The smallest absolute Gasteiger partial charge is 0.317 e. The van der Waals surface area contributed by atoms with Gasteiger partial charge in [0.1, 0.15) is 0 Å². The molecule has 0 aromatic rings. The molecule has 1 rings (SSSR count). The van der Waals surface area contributed by atoms with Gasteiger partial charge in [-0.15, -0.1) is 0 Å². The lowest BCUT2D eigenvalue weighted by molar-refractivity contribution is -0.148. The number of hydrogen-bond acceptors (Lipinski definition) is 9. The van der Waals surface area contributed by atoms with Crippen molar-refractivity contribution in [2.45, 2.75) is 56.9 Å². The molecular weight excluding hydrogens is 478 g/mol. The third kappa shape index (κ3) is 12.8. The standard InChI is InChI=1S/C23H39N3O10/c27-18-36-11-7-5-3-1-2-4-6-8-23(26(14-21(32)33)15-22(34)35)16-24(12-19(28)29)9-10-25(17-23)13-20(30)31/h18H,1-17H2,(H,28,29)(H,30,31)(H,32,33)(H,34,35). The molecule has 0 spiro atoms. The second kappa shape index (κ2) is 16.8. The van der Waals surface area contributed by atoms with Crippen LogP contribution in [0.25, 0.3) is 0 Å². The van der Waals surface area contributed by atoms with Gasteiger partial charge in [0.25, 0.3) is 6.47 Å². The van der Waals surface area contributed by atoms with Gasteiger partial charge in [-0.3, -0.25) is 38.7 Å². The zero-order chi connectivity index (χ0) is 27.0. The Morgan fingerprint density at radius 1 is 0.722 bits per heavy atom. The van der Waals surface area contributed by atoms with Gasteiger partial charge < -0.3 is 25.2 Å². The Kier molecular flexibility index (Phi) is 14.6. The maximum absolute atomic E-state index is 11.6. The number of hydrogen-bond donors (Lipinski definition) is 4. The third-order valence-electron chi connectivity index (χ3n) is 6.28. The molecule has 0 aromatic carbocycles. The number of ether oxygens (including phenoxy) is 1. The number of carboxylic acid groups (broad SMARTS) is 4. The highest BCUT2D eigenvalue weighted by molar-refractivity contribution is 5.73. The first-order chi connectivity index (χ1) is 17.1. The average Bonchev–Trinajstić information content (AvgIpc) is 2.93. The van der Waals surface area contributed by atoms with Crippen molar-refractivity contribution < 1.29 is 49.1 Å². The number of carbonyl (C=O) groups excluding carboxylic acids is 1. The van der Waals surface area contributed by atoms with E-state index in [-0.39, 0.29) is 39.3 Å². The quantitative estimate of drug-likeness (QED) is 0.128. The molecule has 13 nitrogen and oxygen atoms in total. The molecular formula is C23H39N3O10. The minimum Gasteiger partial charge on any atom is -0.480 e. The molecule has 206 valence electrons. The van der Waals surface area contributed by atoms with Gasteiger partial charge in [-0.05, 0) is 12.8 Å². The zero-order valence-corrected chi connectivity index (χ0v) is 20.7. The predicted octanol–water partition coefficient (Wildman–Crippen LogP) is 0.277. The number of rotatable bonds is 20. The van der Waals surface area contributed by atoms with E-state index < -0.39 is 42.5 Å². The van der Waals surface area contributed by atoms with Crippen molar-refractivity contribution >= 4 is 30.3 Å². The van der Waals surface area contributed by atoms with Gasteiger partial charge >= 0.3 is 23.9 Å². The van der Waals surface area contributed by atoms with Gasteiger partial charge in [0.15, 0.2) is 0 Å². The van der Waals surface area contributed by atoms with Gasteiger partial charge in [0.2, 0.25) is 0 Å². The fourth-order valence-electron chi connectivity index (χ4n) is 4.78. The van der Waals surface area contributed by atoms with Crippen molar-refractivity contribution in [2.24, 2.45) is 0 Å². The normalized spacial score (nSPS) is 16.4. The average molecular weight is 518 g/mol. The first-order valence-corrected chi connectivity index (χ1v) is 12.2. The molecule has 36 heavy (non-hydrogen) atoms. The minimum atomic E-state index is -1.21. The van der Waals surface area contributed by atoms with Crippen LogP contribution in [-0.2, 0) is 28.7 Å². The van der Waals surface area contributed by atoms with Crippen molar-refractivity contribution in [1.82, 2.24) is 14.7 Å². The van der Waals surface area contributed by atoms with Crippen molar-refractivity contribution in [3.63, 3.8) is 0 Å². The molecule has 0 aliphatic carbocycles. The maximum atomic E-state index is 11.6. The Bertz CT molecular complexity index is 691. The summed E-state index contributed by atoms with van der Waals surface area (Å²) in [4.78, 5) is 60.9. The topological polar surface area (TPSA) is 185 Å². The summed E-state index contributed by atoms with van der Waals surface area (Å²) in [6, 6.07) is 0. The predicted molar refractivity (Wildman–Crippen MR) is 127 cm³/mol. The molecule has 0 aromatic heterocycles. The van der Waals surface area contributed by atoms with E-state index in [1.54, 1.807) is 9.80 Å². The lowest BCUT2D eigenvalue weighted by Gasteiger charge is -2.45. The van der Waals surface area contributed by atoms with E-state index in [0.29, 0.717) is 25.9 Å². The number of nitrogens with zero attached hydrogens (tertiary/aromatic N) is 3. The van der Waals surface area contributed by atoms with Crippen molar-refractivity contribution in [3.8, 4) is 0 Å². The van der Waals surface area contributed by atoms with E-state index in [1.807, 2.05) is 0 Å². The highest BCUT2D eigenvalue weighted by atomic mass is 16.5. The van der Waals surface area contributed by atoms with E-state index >= 15 is 0 Å². The summed E-state index contributed by atoms with van der Waals surface area (Å²) in [5.41, 5.74) is -1.05. The van der Waals surface area contributed by atoms with Crippen LogP contribution in [0.3, 0.4) is 0 Å². The largest absolute Gasteiger partial charge is 0.480 e. The van der Waals surface area contributed by atoms with Crippen LogP contribution in [0, 0.1) is 0 Å². The third-order valence-corrected chi connectivity index (χ3v) is 6.28. The Labute approximate surface area is 210 Å². The van der Waals surface area contributed by atoms with Crippen LogP contribution in [0.4, 0.5) is 0 Å². The summed E-state index contributed by atoms with van der Waals surface area (Å²) >= 11 is 0. The monoisotopic (exact) mass is 517 g/mol.